The van der Waals surface area contributed by atoms with Crippen LogP contribution in [0.4, 0.5) is 4.39 Å². The number of rotatable bonds is 5. The van der Waals surface area contributed by atoms with Crippen molar-refractivity contribution in [3.8, 4) is 0 Å². The molecule has 4 rings (SSSR count). The predicted molar refractivity (Wildman–Crippen MR) is 143 cm³/mol. The van der Waals surface area contributed by atoms with Crippen molar-refractivity contribution in [3.05, 3.63) is 40.8 Å². The van der Waals surface area contributed by atoms with Crippen molar-refractivity contribution in [1.82, 2.24) is 9.80 Å². The highest BCUT2D eigenvalue weighted by atomic mass is 31.0. The van der Waals surface area contributed by atoms with Crippen molar-refractivity contribution < 1.29 is 23.5 Å². The van der Waals surface area contributed by atoms with Crippen LogP contribution in [0.15, 0.2) is 34.5 Å². The van der Waals surface area contributed by atoms with Crippen molar-refractivity contribution in [2.75, 3.05) is 32.7 Å². The fourth-order valence-corrected chi connectivity index (χ4v) is 5.59. The highest BCUT2D eigenvalue weighted by Crippen LogP contribution is 2.26. The number of aliphatic imine (C=N–C) groups is 1. The summed E-state index contributed by atoms with van der Waals surface area (Å²) in [5.41, 5.74) is 8.38. The second-order valence-electron chi connectivity index (χ2n) is 10.2. The van der Waals surface area contributed by atoms with E-state index in [4.69, 9.17) is 10.5 Å². The monoisotopic (exact) mass is 530 g/mol. The number of nitrogens with two attached hydrogens (primary N) is 1. The SMILES string of the molecule is CC1CN(C(=O)/C(N)=C2\CCCC2=NCC(=O)N2CCC(C(=O)c3ccc(P)c(F)c3)CC2)CC(C)O1. The number of likely N-dealkylation sites (tertiary alicyclic amines) is 1. The summed E-state index contributed by atoms with van der Waals surface area (Å²) in [6, 6.07) is 4.51. The number of amides is 2. The van der Waals surface area contributed by atoms with Gasteiger partial charge < -0.3 is 20.3 Å². The third kappa shape index (κ3) is 6.44. The quantitative estimate of drug-likeness (QED) is 0.357. The lowest BCUT2D eigenvalue weighted by Gasteiger charge is -2.35. The van der Waals surface area contributed by atoms with Crippen LogP contribution in [0.2, 0.25) is 0 Å². The van der Waals surface area contributed by atoms with E-state index in [2.05, 4.69) is 14.2 Å². The Morgan fingerprint density at radius 2 is 1.78 bits per heavy atom. The van der Waals surface area contributed by atoms with E-state index in [-0.39, 0.29) is 48.0 Å². The molecule has 10 heteroatoms. The van der Waals surface area contributed by atoms with Crippen LogP contribution < -0.4 is 11.0 Å². The zero-order valence-corrected chi connectivity index (χ0v) is 22.7. The van der Waals surface area contributed by atoms with Crippen molar-refractivity contribution in [2.45, 2.75) is 58.2 Å². The molecule has 1 aromatic rings. The summed E-state index contributed by atoms with van der Waals surface area (Å²) < 4.78 is 19.6. The molecule has 2 amide bonds. The minimum Gasteiger partial charge on any atom is -0.394 e. The number of hydrogen-bond acceptors (Lipinski definition) is 6. The van der Waals surface area contributed by atoms with E-state index in [9.17, 15) is 18.8 Å². The van der Waals surface area contributed by atoms with Crippen LogP contribution in [0.5, 0.6) is 0 Å². The number of hydrogen-bond donors (Lipinski definition) is 1. The molecule has 3 unspecified atom stereocenters. The Morgan fingerprint density at radius 1 is 1.11 bits per heavy atom. The number of piperidine rings is 1. The van der Waals surface area contributed by atoms with Crippen LogP contribution >= 0.6 is 9.24 Å². The Balaban J connectivity index is 1.33. The number of ether oxygens (including phenoxy) is 1. The van der Waals surface area contributed by atoms with Crippen molar-refractivity contribution in [2.24, 2.45) is 16.6 Å². The van der Waals surface area contributed by atoms with E-state index < -0.39 is 5.82 Å². The first-order chi connectivity index (χ1) is 17.6. The van der Waals surface area contributed by atoms with Crippen molar-refractivity contribution >= 4 is 37.9 Å². The first kappa shape index (κ1) is 27.4. The summed E-state index contributed by atoms with van der Waals surface area (Å²) in [5.74, 6) is -1.04. The molecular weight excluding hydrogens is 494 g/mol. The Hall–Kier alpha value is -2.64. The fourth-order valence-electron chi connectivity index (χ4n) is 5.41. The lowest BCUT2D eigenvalue weighted by atomic mass is 9.89. The van der Waals surface area contributed by atoms with Crippen LogP contribution in [-0.4, -0.2) is 78.0 Å². The molecule has 0 aromatic heterocycles. The highest BCUT2D eigenvalue weighted by Gasteiger charge is 2.31. The largest absolute Gasteiger partial charge is 0.394 e. The molecule has 1 aliphatic carbocycles. The molecular formula is C27H36FN4O4P. The highest BCUT2D eigenvalue weighted by molar-refractivity contribution is 7.27. The van der Waals surface area contributed by atoms with E-state index in [1.807, 2.05) is 13.8 Å². The first-order valence-electron chi connectivity index (χ1n) is 13.0. The lowest BCUT2D eigenvalue weighted by molar-refractivity contribution is -0.139. The Morgan fingerprint density at radius 3 is 2.43 bits per heavy atom. The van der Waals surface area contributed by atoms with Crippen molar-refractivity contribution in [3.63, 3.8) is 0 Å². The average Bonchev–Trinajstić information content (AvgIpc) is 3.35. The van der Waals surface area contributed by atoms with Gasteiger partial charge >= 0.3 is 0 Å². The van der Waals surface area contributed by atoms with Gasteiger partial charge in [0.05, 0.1) is 12.2 Å². The van der Waals surface area contributed by atoms with Gasteiger partial charge in [-0.2, -0.15) is 0 Å². The van der Waals surface area contributed by atoms with Gasteiger partial charge in [-0.25, -0.2) is 4.39 Å². The van der Waals surface area contributed by atoms with Gasteiger partial charge in [-0.3, -0.25) is 19.4 Å². The second kappa shape index (κ2) is 11.8. The van der Waals surface area contributed by atoms with E-state index in [0.29, 0.717) is 62.7 Å². The van der Waals surface area contributed by atoms with E-state index >= 15 is 0 Å². The van der Waals surface area contributed by atoms with Crippen LogP contribution in [0.3, 0.4) is 0 Å². The van der Waals surface area contributed by atoms with Crippen LogP contribution in [0.1, 0.15) is 56.3 Å². The number of carbonyl (C=O) groups is 3. The number of nitrogens with zero attached hydrogens (tertiary/aromatic N) is 3. The van der Waals surface area contributed by atoms with E-state index in [1.54, 1.807) is 21.9 Å². The normalized spacial score (nSPS) is 25.5. The van der Waals surface area contributed by atoms with E-state index in [1.165, 1.54) is 6.07 Å². The molecule has 1 saturated carbocycles. The number of benzene rings is 1. The molecule has 3 atom stereocenters. The van der Waals surface area contributed by atoms with Gasteiger partial charge in [0.15, 0.2) is 5.78 Å². The summed E-state index contributed by atoms with van der Waals surface area (Å²) >= 11 is 0. The molecule has 2 aliphatic heterocycles. The van der Waals surface area contributed by atoms with Gasteiger partial charge in [0, 0.05) is 54.2 Å². The molecule has 2 saturated heterocycles. The molecule has 0 spiro atoms. The maximum atomic E-state index is 13.9. The second-order valence-corrected chi connectivity index (χ2v) is 10.9. The maximum Gasteiger partial charge on any atom is 0.270 e. The number of halogens is 1. The number of morpholine rings is 1. The van der Waals surface area contributed by atoms with Crippen LogP contribution in [0, 0.1) is 11.7 Å². The molecule has 200 valence electrons. The molecule has 3 aliphatic rings. The average molecular weight is 531 g/mol. The molecule has 0 radical (unpaired) electrons. The number of ketones is 1. The van der Waals surface area contributed by atoms with Gasteiger partial charge in [-0.15, -0.1) is 9.24 Å². The number of allylic oxidation sites excluding steroid dienone is 1. The smallest absolute Gasteiger partial charge is 0.270 e. The molecule has 2 N–H and O–H groups in total. The standard InChI is InChI=1S/C27H36FN4O4P/c1-16-14-32(15-17(2)36-16)27(35)25(29)20-4-3-5-22(20)30-13-24(33)31-10-8-18(9-11-31)26(34)19-6-7-23(37)21(28)12-19/h6-7,12,16-18H,3-5,8-11,13-15,29,37H2,1-2H3/b25-20-,30-22?. The summed E-state index contributed by atoms with van der Waals surface area (Å²) in [5, 5.41) is 0.426. The Kier molecular flexibility index (Phi) is 8.75. The molecule has 0 bridgehead atoms. The summed E-state index contributed by atoms with van der Waals surface area (Å²) in [4.78, 5) is 46.7. The van der Waals surface area contributed by atoms with Gasteiger partial charge in [0.2, 0.25) is 5.91 Å². The molecule has 8 nitrogen and oxygen atoms in total. The van der Waals surface area contributed by atoms with Gasteiger partial charge in [0.1, 0.15) is 18.1 Å². The zero-order chi connectivity index (χ0) is 26.7. The lowest BCUT2D eigenvalue weighted by Crippen LogP contribution is -2.49. The minimum atomic E-state index is -0.417. The topological polar surface area (TPSA) is 105 Å². The predicted octanol–water partition coefficient (Wildman–Crippen LogP) is 2.22. The van der Waals surface area contributed by atoms with Crippen molar-refractivity contribution in [1.29, 1.82) is 0 Å². The van der Waals surface area contributed by atoms with Crippen LogP contribution in [-0.2, 0) is 14.3 Å². The zero-order valence-electron chi connectivity index (χ0n) is 21.5. The first-order valence-corrected chi connectivity index (χ1v) is 13.6. The summed E-state index contributed by atoms with van der Waals surface area (Å²) in [6.07, 6.45) is 3.19. The van der Waals surface area contributed by atoms with E-state index in [0.717, 1.165) is 17.7 Å². The number of carbonyl (C=O) groups excluding carboxylic acids is 3. The Labute approximate surface area is 219 Å². The minimum absolute atomic E-state index is 0.00855. The van der Waals surface area contributed by atoms with Gasteiger partial charge in [-0.1, -0.05) is 12.1 Å². The van der Waals surface area contributed by atoms with Crippen LogP contribution in [0.25, 0.3) is 0 Å². The maximum absolute atomic E-state index is 13.9. The molecule has 37 heavy (non-hydrogen) atoms. The molecule has 2 heterocycles. The fraction of sp³-hybridized carbons (Fsp3) is 0.556. The summed E-state index contributed by atoms with van der Waals surface area (Å²) in [6.45, 7) is 5.78. The Bertz CT molecular complexity index is 1120. The number of Topliss-reactive ketones (excluding diaryl/α,β-unsaturated/α-hetero) is 1. The van der Waals surface area contributed by atoms with Gasteiger partial charge in [-0.05, 0) is 52.0 Å². The third-order valence-corrected chi connectivity index (χ3v) is 7.83. The molecule has 1 aromatic carbocycles. The molecule has 3 fully saturated rings. The third-order valence-electron chi connectivity index (χ3n) is 7.36. The summed E-state index contributed by atoms with van der Waals surface area (Å²) in [7, 11) is 2.30. The van der Waals surface area contributed by atoms with Gasteiger partial charge in [0.25, 0.3) is 5.91 Å².